The first-order chi connectivity index (χ1) is 20.8. The van der Waals surface area contributed by atoms with Gasteiger partial charge in [0.2, 0.25) is 0 Å². The molecule has 2 aromatic carbocycles. The van der Waals surface area contributed by atoms with Gasteiger partial charge in [0, 0.05) is 43.9 Å². The van der Waals surface area contributed by atoms with Gasteiger partial charge < -0.3 is 25.2 Å². The summed E-state index contributed by atoms with van der Waals surface area (Å²) >= 11 is 0. The van der Waals surface area contributed by atoms with E-state index in [1.807, 2.05) is 29.2 Å². The molecule has 12 heteroatoms. The van der Waals surface area contributed by atoms with Gasteiger partial charge in [-0.15, -0.1) is 0 Å². The molecule has 0 saturated carbocycles. The summed E-state index contributed by atoms with van der Waals surface area (Å²) in [5.41, 5.74) is 0.000970. The zero-order chi connectivity index (χ0) is 29.7. The van der Waals surface area contributed by atoms with Crippen molar-refractivity contribution in [2.75, 3.05) is 37.7 Å². The van der Waals surface area contributed by atoms with E-state index in [4.69, 9.17) is 9.72 Å². The number of hydrogen-bond donors (Lipinski definition) is 3. The molecular formula is C31H32F2N6O4. The van der Waals surface area contributed by atoms with Crippen molar-refractivity contribution in [1.82, 2.24) is 25.2 Å². The molecule has 3 saturated heterocycles. The van der Waals surface area contributed by atoms with E-state index in [1.54, 1.807) is 6.07 Å². The van der Waals surface area contributed by atoms with Crippen LogP contribution in [0.2, 0.25) is 0 Å². The van der Waals surface area contributed by atoms with E-state index in [1.165, 1.54) is 12.3 Å². The van der Waals surface area contributed by atoms with Crippen LogP contribution in [0.4, 0.5) is 19.4 Å². The predicted octanol–water partition coefficient (Wildman–Crippen LogP) is 4.88. The van der Waals surface area contributed by atoms with Crippen LogP contribution in [0.1, 0.15) is 32.1 Å². The quantitative estimate of drug-likeness (QED) is 0.288. The molecule has 3 N–H and O–H groups in total. The summed E-state index contributed by atoms with van der Waals surface area (Å²) in [6, 6.07) is 10.1. The molecule has 7 rings (SSSR count). The van der Waals surface area contributed by atoms with Gasteiger partial charge in [0.05, 0.1) is 10.9 Å². The van der Waals surface area contributed by atoms with Crippen molar-refractivity contribution >= 4 is 33.6 Å². The fourth-order valence-electron chi connectivity index (χ4n) is 7.12. The maximum Gasteiger partial charge on any atom is 0.404 e. The van der Waals surface area contributed by atoms with Crippen molar-refractivity contribution in [2.24, 2.45) is 0 Å². The Morgan fingerprint density at radius 1 is 1.14 bits per heavy atom. The number of anilines is 1. The molecular weight excluding hydrogens is 558 g/mol. The predicted molar refractivity (Wildman–Crippen MR) is 157 cm³/mol. The monoisotopic (exact) mass is 590 g/mol. The van der Waals surface area contributed by atoms with Gasteiger partial charge in [0.1, 0.15) is 35.6 Å². The van der Waals surface area contributed by atoms with Crippen molar-refractivity contribution in [3.05, 3.63) is 48.4 Å². The number of phenolic OH excluding ortho intramolecular Hbond substituents is 1. The second kappa shape index (κ2) is 10.7. The zero-order valence-corrected chi connectivity index (χ0v) is 23.5. The lowest BCUT2D eigenvalue weighted by Crippen LogP contribution is -2.47. The minimum Gasteiger partial charge on any atom is -0.508 e. The number of nitrogens with zero attached hydrogens (tertiary/aromatic N) is 5. The van der Waals surface area contributed by atoms with Gasteiger partial charge in [-0.1, -0.05) is 24.3 Å². The van der Waals surface area contributed by atoms with Crippen LogP contribution >= 0.6 is 0 Å². The average Bonchev–Trinajstić information content (AvgIpc) is 3.51. The van der Waals surface area contributed by atoms with Crippen LogP contribution < -0.4 is 15.0 Å². The van der Waals surface area contributed by atoms with Gasteiger partial charge in [-0.2, -0.15) is 9.97 Å². The van der Waals surface area contributed by atoms with E-state index in [0.717, 1.165) is 30.2 Å². The molecule has 0 aliphatic carbocycles. The third kappa shape index (κ3) is 5.03. The Morgan fingerprint density at radius 3 is 2.86 bits per heavy atom. The molecule has 0 radical (unpaired) electrons. The number of aromatic nitrogens is 3. The Balaban J connectivity index is 1.33. The minimum atomic E-state index is -1.11. The molecule has 3 aliphatic heterocycles. The number of phenols is 1. The highest BCUT2D eigenvalue weighted by atomic mass is 19.1. The van der Waals surface area contributed by atoms with E-state index in [9.17, 15) is 19.4 Å². The van der Waals surface area contributed by atoms with Crippen molar-refractivity contribution < 1.29 is 28.5 Å². The summed E-state index contributed by atoms with van der Waals surface area (Å²) in [7, 11) is 0. The number of nitrogens with one attached hydrogen (secondary N) is 1. The normalized spacial score (nSPS) is 24.0. The van der Waals surface area contributed by atoms with E-state index in [2.05, 4.69) is 20.2 Å². The van der Waals surface area contributed by atoms with Crippen molar-refractivity contribution in [2.45, 2.75) is 49.9 Å². The lowest BCUT2D eigenvalue weighted by atomic mass is 9.95. The molecule has 224 valence electrons. The number of benzene rings is 2. The van der Waals surface area contributed by atoms with E-state index in [0.29, 0.717) is 55.7 Å². The maximum atomic E-state index is 16.5. The molecule has 0 bridgehead atoms. The average molecular weight is 591 g/mol. The van der Waals surface area contributed by atoms with Gasteiger partial charge in [-0.25, -0.2) is 13.6 Å². The molecule has 1 amide bonds. The highest BCUT2D eigenvalue weighted by Gasteiger charge is 2.49. The number of alkyl halides is 1. The number of fused-ring (bicyclic) bond motifs is 3. The van der Waals surface area contributed by atoms with E-state index < -0.39 is 23.6 Å². The van der Waals surface area contributed by atoms with Crippen LogP contribution in [0.25, 0.3) is 32.9 Å². The summed E-state index contributed by atoms with van der Waals surface area (Å²) in [5.74, 6) is -0.314. The molecule has 43 heavy (non-hydrogen) atoms. The molecule has 0 unspecified atom stereocenters. The number of amides is 1. The molecule has 10 nitrogen and oxygen atoms in total. The summed E-state index contributed by atoms with van der Waals surface area (Å²) in [6.07, 6.45) is 2.97. The lowest BCUT2D eigenvalue weighted by molar-refractivity contribution is 0.107. The fourth-order valence-corrected chi connectivity index (χ4v) is 7.12. The Hall–Kier alpha value is -4.32. The largest absolute Gasteiger partial charge is 0.508 e. The molecule has 3 atom stereocenters. The highest BCUT2D eigenvalue weighted by molar-refractivity contribution is 5.99. The molecule has 2 aromatic heterocycles. The van der Waals surface area contributed by atoms with Gasteiger partial charge in [0.15, 0.2) is 5.82 Å². The van der Waals surface area contributed by atoms with Gasteiger partial charge >= 0.3 is 12.1 Å². The molecule has 3 fully saturated rings. The second-order valence-corrected chi connectivity index (χ2v) is 11.8. The first kappa shape index (κ1) is 27.5. The van der Waals surface area contributed by atoms with Crippen molar-refractivity contribution in [1.29, 1.82) is 0 Å². The Bertz CT molecular complexity index is 1720. The van der Waals surface area contributed by atoms with Crippen LogP contribution in [-0.2, 0) is 0 Å². The van der Waals surface area contributed by atoms with Crippen LogP contribution in [0.3, 0.4) is 0 Å². The number of carbonyl (C=O) groups is 1. The van der Waals surface area contributed by atoms with Crippen LogP contribution in [0, 0.1) is 5.82 Å². The van der Waals surface area contributed by atoms with Crippen molar-refractivity contribution in [3.63, 3.8) is 0 Å². The number of rotatable bonds is 6. The number of halogens is 2. The Morgan fingerprint density at radius 2 is 2.00 bits per heavy atom. The number of ether oxygens (including phenoxy) is 1. The summed E-state index contributed by atoms with van der Waals surface area (Å²) in [5, 5.41) is 24.1. The topological polar surface area (TPSA) is 124 Å². The Kier molecular flexibility index (Phi) is 6.88. The first-order valence-corrected chi connectivity index (χ1v) is 14.6. The van der Waals surface area contributed by atoms with Crippen molar-refractivity contribution in [3.8, 4) is 23.0 Å². The van der Waals surface area contributed by atoms with Gasteiger partial charge in [0.25, 0.3) is 0 Å². The molecule has 0 spiro atoms. The smallest absolute Gasteiger partial charge is 0.404 e. The second-order valence-electron chi connectivity index (χ2n) is 11.8. The number of hydrogen-bond acceptors (Lipinski definition) is 8. The van der Waals surface area contributed by atoms with E-state index in [-0.39, 0.29) is 35.6 Å². The first-order valence-electron chi connectivity index (χ1n) is 14.6. The highest BCUT2D eigenvalue weighted by Crippen LogP contribution is 2.41. The van der Waals surface area contributed by atoms with Gasteiger partial charge in [-0.3, -0.25) is 9.88 Å². The summed E-state index contributed by atoms with van der Waals surface area (Å²) < 4.78 is 37.1. The Labute approximate surface area is 246 Å². The number of aromatic hydroxyl groups is 1. The standard InChI is InChI=1S/C31H32F2N6O4/c32-19-13-31(8-4-10-39(31)15-19)17-43-29-36-27-24(28(37-29)38-9-3-6-20(16-38)35-30(41)42)14-34-26(25(27)33)23-12-21(40)11-18-5-1-2-7-22(18)23/h1-2,5,7,11-12,14,19-20,35,40H,3-4,6,8-10,13,15-17H2,(H,41,42)/t19-,20+,31+/m1/s1. The maximum absolute atomic E-state index is 16.5. The number of carboxylic acid groups (broad SMARTS) is 1. The molecule has 3 aliphatic rings. The molecule has 4 aromatic rings. The minimum absolute atomic E-state index is 0.00121. The SMILES string of the molecule is O=C(O)N[C@H]1CCCN(c2nc(OC[C@@]34CCCN3C[C@H](F)C4)nc3c(F)c(-c4cc(O)cc5ccccc45)ncc23)C1. The van der Waals surface area contributed by atoms with E-state index >= 15 is 4.39 Å². The summed E-state index contributed by atoms with van der Waals surface area (Å²) in [4.78, 5) is 29.1. The zero-order valence-electron chi connectivity index (χ0n) is 23.5. The van der Waals surface area contributed by atoms with Crippen LogP contribution in [0.15, 0.2) is 42.6 Å². The lowest BCUT2D eigenvalue weighted by Gasteiger charge is -2.34. The van der Waals surface area contributed by atoms with Gasteiger partial charge in [-0.05, 0) is 55.1 Å². The van der Waals surface area contributed by atoms with Crippen LogP contribution in [-0.4, -0.2) is 86.7 Å². The summed E-state index contributed by atoms with van der Waals surface area (Å²) in [6.45, 7) is 2.27. The fraction of sp³-hybridized carbons (Fsp3) is 0.419. The third-order valence-electron chi connectivity index (χ3n) is 9.02. The molecule has 5 heterocycles. The number of pyridine rings is 1. The number of piperidine rings is 1. The third-order valence-corrected chi connectivity index (χ3v) is 9.02. The van der Waals surface area contributed by atoms with Crippen LogP contribution in [0.5, 0.6) is 11.8 Å².